The van der Waals surface area contributed by atoms with Gasteiger partial charge in [-0.05, 0) is 77.4 Å². The summed E-state index contributed by atoms with van der Waals surface area (Å²) in [6.45, 7) is 24.5. The fourth-order valence-corrected chi connectivity index (χ4v) is 4.18. The summed E-state index contributed by atoms with van der Waals surface area (Å²) in [6.07, 6.45) is 5.49. The van der Waals surface area contributed by atoms with E-state index < -0.39 is 0 Å². The molecule has 0 saturated carbocycles. The highest BCUT2D eigenvalue weighted by Gasteiger charge is 2.28. The minimum Gasteiger partial charge on any atom is -0.301 e. The zero-order valence-corrected chi connectivity index (χ0v) is 17.4. The van der Waals surface area contributed by atoms with E-state index in [2.05, 4.69) is 56.2 Å². The lowest BCUT2D eigenvalue weighted by atomic mass is 9.90. The van der Waals surface area contributed by atoms with E-state index in [9.17, 15) is 0 Å². The Morgan fingerprint density at radius 1 is 0.750 bits per heavy atom. The molecule has 3 heteroatoms. The van der Waals surface area contributed by atoms with Crippen LogP contribution in [0.2, 0.25) is 0 Å². The van der Waals surface area contributed by atoms with E-state index in [1.807, 2.05) is 0 Å². The third-order valence-corrected chi connectivity index (χ3v) is 5.95. The van der Waals surface area contributed by atoms with Crippen molar-refractivity contribution in [2.75, 3.05) is 52.4 Å². The Bertz CT molecular complexity index is 350. The molecule has 2 aliphatic heterocycles. The summed E-state index contributed by atoms with van der Waals surface area (Å²) in [6, 6.07) is 0. The van der Waals surface area contributed by atoms with Crippen LogP contribution in [-0.4, -0.2) is 72.6 Å². The van der Waals surface area contributed by atoms with Gasteiger partial charge in [0.15, 0.2) is 0 Å². The molecule has 2 saturated heterocycles. The van der Waals surface area contributed by atoms with Crippen LogP contribution in [0.1, 0.15) is 67.2 Å². The topological polar surface area (TPSA) is 9.72 Å². The van der Waals surface area contributed by atoms with E-state index in [1.165, 1.54) is 78.0 Å². The van der Waals surface area contributed by atoms with Crippen LogP contribution in [0.25, 0.3) is 0 Å². The smallest absolute Gasteiger partial charge is 0.0125 e. The number of piperidine rings is 1. The van der Waals surface area contributed by atoms with Gasteiger partial charge in [-0.2, -0.15) is 0 Å². The summed E-state index contributed by atoms with van der Waals surface area (Å²) in [5.41, 5.74) is 0.841. The van der Waals surface area contributed by atoms with Gasteiger partial charge in [0.1, 0.15) is 0 Å². The molecule has 3 nitrogen and oxygen atoms in total. The van der Waals surface area contributed by atoms with Crippen LogP contribution >= 0.6 is 0 Å². The maximum absolute atomic E-state index is 2.73. The Morgan fingerprint density at radius 2 is 1.29 bits per heavy atom. The van der Waals surface area contributed by atoms with Gasteiger partial charge in [0.05, 0.1) is 0 Å². The maximum Gasteiger partial charge on any atom is 0.0125 e. The largest absolute Gasteiger partial charge is 0.301 e. The summed E-state index contributed by atoms with van der Waals surface area (Å²) in [7, 11) is 0. The number of nitrogens with zero attached hydrogens (tertiary/aromatic N) is 3. The number of rotatable bonds is 5. The second-order valence-corrected chi connectivity index (χ2v) is 10.4. The molecule has 142 valence electrons. The summed E-state index contributed by atoms with van der Waals surface area (Å²) in [5, 5.41) is 0. The highest BCUT2D eigenvalue weighted by molar-refractivity contribution is 4.84. The van der Waals surface area contributed by atoms with Gasteiger partial charge >= 0.3 is 0 Å². The van der Waals surface area contributed by atoms with Crippen molar-refractivity contribution in [3.05, 3.63) is 0 Å². The van der Waals surface area contributed by atoms with Crippen molar-refractivity contribution in [1.29, 1.82) is 0 Å². The van der Waals surface area contributed by atoms with Crippen molar-refractivity contribution in [2.24, 2.45) is 11.3 Å². The molecule has 0 amide bonds. The van der Waals surface area contributed by atoms with Crippen molar-refractivity contribution in [3.8, 4) is 0 Å². The Morgan fingerprint density at radius 3 is 1.79 bits per heavy atom. The molecule has 0 aromatic heterocycles. The van der Waals surface area contributed by atoms with E-state index in [0.717, 1.165) is 5.92 Å². The molecule has 2 fully saturated rings. The summed E-state index contributed by atoms with van der Waals surface area (Å²) >= 11 is 0. The zero-order valence-electron chi connectivity index (χ0n) is 17.4. The predicted molar refractivity (Wildman–Crippen MR) is 106 cm³/mol. The van der Waals surface area contributed by atoms with Crippen LogP contribution in [0, 0.1) is 11.3 Å². The molecule has 2 rings (SSSR count). The number of hydrogen-bond donors (Lipinski definition) is 0. The molecule has 0 aliphatic carbocycles. The van der Waals surface area contributed by atoms with E-state index in [0.29, 0.717) is 11.0 Å². The van der Waals surface area contributed by atoms with Crippen molar-refractivity contribution in [2.45, 2.75) is 72.8 Å². The third kappa shape index (κ3) is 7.01. The predicted octanol–water partition coefficient (Wildman–Crippen LogP) is 3.94. The Hall–Kier alpha value is -0.120. The molecule has 0 atom stereocenters. The summed E-state index contributed by atoms with van der Waals surface area (Å²) in [4.78, 5) is 8.08. The van der Waals surface area contributed by atoms with Crippen LogP contribution in [0.15, 0.2) is 0 Å². The minimum atomic E-state index is 0.351. The van der Waals surface area contributed by atoms with Crippen LogP contribution in [0.3, 0.4) is 0 Å². The van der Waals surface area contributed by atoms with Gasteiger partial charge in [0, 0.05) is 38.3 Å². The molecule has 0 spiro atoms. The second kappa shape index (κ2) is 8.51. The van der Waals surface area contributed by atoms with Gasteiger partial charge < -0.3 is 9.80 Å². The first-order valence-electron chi connectivity index (χ1n) is 10.3. The van der Waals surface area contributed by atoms with Gasteiger partial charge in [-0.3, -0.25) is 4.90 Å². The first-order valence-corrected chi connectivity index (χ1v) is 10.3. The molecule has 2 aliphatic rings. The van der Waals surface area contributed by atoms with E-state index >= 15 is 0 Å². The molecule has 0 aromatic rings. The zero-order chi connectivity index (χ0) is 17.8. The standard InChI is InChI=1S/C21H43N3/c1-20(2,3)10-7-11-22-14-16-23(17-15-22)18-19-8-12-24(13-9-19)21(4,5)6/h19H,7-18H2,1-6H3. The molecular weight excluding hydrogens is 294 g/mol. The Kier molecular flexibility index (Phi) is 7.16. The molecule has 0 bridgehead atoms. The normalized spacial score (nSPS) is 23.8. The first kappa shape index (κ1) is 20.2. The van der Waals surface area contributed by atoms with Crippen LogP contribution < -0.4 is 0 Å². The van der Waals surface area contributed by atoms with Gasteiger partial charge in [0.25, 0.3) is 0 Å². The van der Waals surface area contributed by atoms with Crippen molar-refractivity contribution < 1.29 is 0 Å². The van der Waals surface area contributed by atoms with Crippen molar-refractivity contribution in [3.63, 3.8) is 0 Å². The van der Waals surface area contributed by atoms with E-state index in [-0.39, 0.29) is 0 Å². The van der Waals surface area contributed by atoms with E-state index in [4.69, 9.17) is 0 Å². The average Bonchev–Trinajstić information content (AvgIpc) is 2.47. The van der Waals surface area contributed by atoms with Crippen LogP contribution in [0.5, 0.6) is 0 Å². The third-order valence-electron chi connectivity index (χ3n) is 5.95. The molecule has 0 radical (unpaired) electrons. The number of likely N-dealkylation sites (tertiary alicyclic amines) is 1. The summed E-state index contributed by atoms with van der Waals surface area (Å²) in [5.74, 6) is 0.927. The Balaban J connectivity index is 1.60. The van der Waals surface area contributed by atoms with Crippen LogP contribution in [-0.2, 0) is 0 Å². The van der Waals surface area contributed by atoms with Gasteiger partial charge in [-0.25, -0.2) is 0 Å². The lowest BCUT2D eigenvalue weighted by Crippen LogP contribution is -2.50. The lowest BCUT2D eigenvalue weighted by Gasteiger charge is -2.43. The van der Waals surface area contributed by atoms with E-state index in [1.54, 1.807) is 0 Å². The van der Waals surface area contributed by atoms with Crippen molar-refractivity contribution >= 4 is 0 Å². The average molecular weight is 338 g/mol. The minimum absolute atomic E-state index is 0.351. The molecule has 0 aromatic carbocycles. The monoisotopic (exact) mass is 337 g/mol. The van der Waals surface area contributed by atoms with Gasteiger partial charge in [-0.15, -0.1) is 0 Å². The first-order chi connectivity index (χ1) is 11.1. The number of piperazine rings is 1. The second-order valence-electron chi connectivity index (χ2n) is 10.4. The quantitative estimate of drug-likeness (QED) is 0.752. The van der Waals surface area contributed by atoms with Gasteiger partial charge in [0.2, 0.25) is 0 Å². The highest BCUT2D eigenvalue weighted by atomic mass is 15.3. The number of hydrogen-bond acceptors (Lipinski definition) is 3. The Labute approximate surface area is 151 Å². The molecule has 0 unspecified atom stereocenters. The molecular formula is C21H43N3. The fraction of sp³-hybridized carbons (Fsp3) is 1.00. The van der Waals surface area contributed by atoms with Crippen molar-refractivity contribution in [1.82, 2.24) is 14.7 Å². The maximum atomic E-state index is 2.73. The molecule has 24 heavy (non-hydrogen) atoms. The van der Waals surface area contributed by atoms with Gasteiger partial charge in [-0.1, -0.05) is 20.8 Å². The summed E-state index contributed by atoms with van der Waals surface area (Å²) < 4.78 is 0. The van der Waals surface area contributed by atoms with Crippen LogP contribution in [0.4, 0.5) is 0 Å². The fourth-order valence-electron chi connectivity index (χ4n) is 4.18. The molecule has 2 heterocycles. The SMILES string of the molecule is CC(C)(C)CCCN1CCN(CC2CCN(C(C)(C)C)CC2)CC1. The molecule has 0 N–H and O–H groups in total. The lowest BCUT2D eigenvalue weighted by molar-refractivity contribution is 0.0608. The highest BCUT2D eigenvalue weighted by Crippen LogP contribution is 2.25.